The molecule has 0 amide bonds. The van der Waals surface area contributed by atoms with Gasteiger partial charge in [0.25, 0.3) is 10.0 Å². The van der Waals surface area contributed by atoms with Crippen LogP contribution in [0.3, 0.4) is 0 Å². The molecule has 0 unspecified atom stereocenters. The van der Waals surface area contributed by atoms with Gasteiger partial charge in [0, 0.05) is 18.0 Å². The zero-order valence-electron chi connectivity index (χ0n) is 11.3. The van der Waals surface area contributed by atoms with Gasteiger partial charge in [-0.15, -0.1) is 11.3 Å². The van der Waals surface area contributed by atoms with Crippen LogP contribution in [0.5, 0.6) is 0 Å². The summed E-state index contributed by atoms with van der Waals surface area (Å²) in [5.41, 5.74) is 1.65. The van der Waals surface area contributed by atoms with Crippen LogP contribution in [0.25, 0.3) is 10.4 Å². The molecular formula is C13H10ClN3O2S3. The first-order valence-corrected chi connectivity index (χ1v) is 9.61. The number of rotatable bonds is 4. The van der Waals surface area contributed by atoms with Crippen molar-refractivity contribution in [2.75, 3.05) is 4.72 Å². The van der Waals surface area contributed by atoms with E-state index in [-0.39, 0.29) is 4.21 Å². The molecule has 0 saturated carbocycles. The Kier molecular flexibility index (Phi) is 4.18. The van der Waals surface area contributed by atoms with E-state index in [2.05, 4.69) is 14.7 Å². The van der Waals surface area contributed by atoms with Gasteiger partial charge in [-0.25, -0.2) is 13.4 Å². The first-order chi connectivity index (χ1) is 10.5. The van der Waals surface area contributed by atoms with Gasteiger partial charge in [-0.1, -0.05) is 29.0 Å². The predicted molar refractivity (Wildman–Crippen MR) is 90.2 cm³/mol. The highest BCUT2D eigenvalue weighted by atomic mass is 35.5. The summed E-state index contributed by atoms with van der Waals surface area (Å²) in [6, 6.07) is 6.75. The van der Waals surface area contributed by atoms with Crippen molar-refractivity contribution in [1.82, 2.24) is 9.97 Å². The van der Waals surface area contributed by atoms with E-state index in [1.807, 2.05) is 19.1 Å². The second-order valence-corrected chi connectivity index (χ2v) is 8.96. The number of nitrogens with zero attached hydrogens (tertiary/aromatic N) is 2. The number of sulfonamides is 1. The molecular weight excluding hydrogens is 362 g/mol. The van der Waals surface area contributed by atoms with Crippen LogP contribution in [0, 0.1) is 6.92 Å². The molecule has 0 aliphatic rings. The molecule has 0 bridgehead atoms. The molecule has 9 heteroatoms. The zero-order valence-corrected chi connectivity index (χ0v) is 14.5. The number of anilines is 1. The maximum Gasteiger partial charge on any atom is 0.273 e. The van der Waals surface area contributed by atoms with Gasteiger partial charge < -0.3 is 0 Å². The van der Waals surface area contributed by atoms with Crippen molar-refractivity contribution in [2.24, 2.45) is 0 Å². The highest BCUT2D eigenvalue weighted by molar-refractivity contribution is 7.95. The van der Waals surface area contributed by atoms with E-state index in [1.54, 1.807) is 18.5 Å². The molecule has 1 N–H and O–H groups in total. The number of hydrogen-bond acceptors (Lipinski definition) is 6. The van der Waals surface area contributed by atoms with Gasteiger partial charge in [0.05, 0.1) is 14.9 Å². The Balaban J connectivity index is 1.91. The van der Waals surface area contributed by atoms with Gasteiger partial charge in [0.1, 0.15) is 4.21 Å². The molecule has 0 aliphatic carbocycles. The lowest BCUT2D eigenvalue weighted by atomic mass is 10.2. The van der Waals surface area contributed by atoms with Crippen LogP contribution in [0.15, 0.2) is 40.9 Å². The number of nitrogens with one attached hydrogen (secondary N) is 1. The van der Waals surface area contributed by atoms with Crippen LogP contribution < -0.4 is 4.72 Å². The van der Waals surface area contributed by atoms with Crippen LogP contribution in [0.1, 0.15) is 5.69 Å². The topological polar surface area (TPSA) is 72.0 Å². The Labute approximate surface area is 140 Å². The minimum Gasteiger partial charge on any atom is -0.264 e. The Morgan fingerprint density at radius 1 is 1.23 bits per heavy atom. The molecule has 0 saturated heterocycles. The van der Waals surface area contributed by atoms with Gasteiger partial charge in [0.2, 0.25) is 0 Å². The highest BCUT2D eigenvalue weighted by Gasteiger charge is 2.19. The summed E-state index contributed by atoms with van der Waals surface area (Å²) in [4.78, 5) is 9.22. The summed E-state index contributed by atoms with van der Waals surface area (Å²) >= 11 is 8.06. The minimum atomic E-state index is -3.66. The average molecular weight is 372 g/mol. The van der Waals surface area contributed by atoms with Gasteiger partial charge in [-0.05, 0) is 25.1 Å². The number of thiazole rings is 1. The third-order valence-corrected chi connectivity index (χ3v) is 7.07. The Morgan fingerprint density at radius 2 is 2.05 bits per heavy atom. The summed E-state index contributed by atoms with van der Waals surface area (Å²) in [6.45, 7) is 1.83. The fourth-order valence-corrected chi connectivity index (χ4v) is 5.49. The van der Waals surface area contributed by atoms with E-state index in [1.165, 1.54) is 17.4 Å². The Hall–Kier alpha value is -1.48. The van der Waals surface area contributed by atoms with Gasteiger partial charge in [0.15, 0.2) is 5.13 Å². The first kappa shape index (κ1) is 15.4. The van der Waals surface area contributed by atoms with Gasteiger partial charge >= 0.3 is 0 Å². The van der Waals surface area contributed by atoms with Crippen molar-refractivity contribution < 1.29 is 8.42 Å². The van der Waals surface area contributed by atoms with Crippen molar-refractivity contribution >= 4 is 49.4 Å². The Bertz CT molecular complexity index is 904. The van der Waals surface area contributed by atoms with Gasteiger partial charge in [-0.3, -0.25) is 9.71 Å². The van der Waals surface area contributed by atoms with Crippen molar-refractivity contribution in [3.05, 3.63) is 46.7 Å². The quantitative estimate of drug-likeness (QED) is 0.751. The zero-order chi connectivity index (χ0) is 15.7. The number of hydrogen-bond donors (Lipinski definition) is 1. The molecule has 22 heavy (non-hydrogen) atoms. The second-order valence-electron chi connectivity index (χ2n) is 4.34. The van der Waals surface area contributed by atoms with E-state index in [0.29, 0.717) is 9.47 Å². The highest BCUT2D eigenvalue weighted by Crippen LogP contribution is 2.34. The predicted octanol–water partition coefficient (Wildman–Crippen LogP) is 4.03. The summed E-state index contributed by atoms with van der Waals surface area (Å²) < 4.78 is 27.6. The lowest BCUT2D eigenvalue weighted by Gasteiger charge is -2.01. The number of aromatic nitrogens is 2. The van der Waals surface area contributed by atoms with Gasteiger partial charge in [-0.2, -0.15) is 0 Å². The monoisotopic (exact) mass is 371 g/mol. The fraction of sp³-hybridized carbons (Fsp3) is 0.0769. The summed E-state index contributed by atoms with van der Waals surface area (Å²) in [5, 5.41) is 0.320. The molecule has 0 spiro atoms. The van der Waals surface area contributed by atoms with E-state index in [0.717, 1.165) is 27.5 Å². The van der Waals surface area contributed by atoms with Crippen molar-refractivity contribution in [3.63, 3.8) is 0 Å². The molecule has 3 rings (SSSR count). The van der Waals surface area contributed by atoms with E-state index in [9.17, 15) is 8.42 Å². The molecule has 0 radical (unpaired) electrons. The van der Waals surface area contributed by atoms with E-state index >= 15 is 0 Å². The van der Waals surface area contributed by atoms with Crippen molar-refractivity contribution in [2.45, 2.75) is 11.1 Å². The SMILES string of the molecule is Cc1nc(NS(=O)(=O)c2ccc(Cl)s2)sc1-c1cccnc1. The van der Waals surface area contributed by atoms with Crippen molar-refractivity contribution in [3.8, 4) is 10.4 Å². The lowest BCUT2D eigenvalue weighted by Crippen LogP contribution is -2.11. The maximum atomic E-state index is 12.3. The molecule has 0 fully saturated rings. The van der Waals surface area contributed by atoms with Crippen LogP contribution in [-0.4, -0.2) is 18.4 Å². The molecule has 3 aromatic rings. The fourth-order valence-electron chi connectivity index (χ4n) is 1.81. The third-order valence-electron chi connectivity index (χ3n) is 2.76. The normalized spacial score (nSPS) is 11.5. The molecule has 3 heterocycles. The summed E-state index contributed by atoms with van der Waals surface area (Å²) in [6.07, 6.45) is 3.40. The first-order valence-electron chi connectivity index (χ1n) is 6.12. The number of aryl methyl sites for hydroxylation is 1. The minimum absolute atomic E-state index is 0.160. The average Bonchev–Trinajstić information content (AvgIpc) is 3.06. The molecule has 3 aromatic heterocycles. The van der Waals surface area contributed by atoms with E-state index in [4.69, 9.17) is 11.6 Å². The number of halogens is 1. The van der Waals surface area contributed by atoms with Crippen LogP contribution in [0.4, 0.5) is 5.13 Å². The summed E-state index contributed by atoms with van der Waals surface area (Å²) in [5.74, 6) is 0. The van der Waals surface area contributed by atoms with Crippen LogP contribution >= 0.6 is 34.3 Å². The lowest BCUT2D eigenvalue weighted by molar-refractivity contribution is 0.603. The second kappa shape index (κ2) is 5.96. The van der Waals surface area contributed by atoms with E-state index < -0.39 is 10.0 Å². The Morgan fingerprint density at radius 3 is 2.68 bits per heavy atom. The number of pyridine rings is 1. The molecule has 5 nitrogen and oxygen atoms in total. The smallest absolute Gasteiger partial charge is 0.264 e. The third kappa shape index (κ3) is 3.14. The standard InChI is InChI=1S/C13H10ClN3O2S3/c1-8-12(9-3-2-6-15-7-9)21-13(16-8)17-22(18,19)11-5-4-10(14)20-11/h2-7H,1H3,(H,16,17). The molecule has 0 aromatic carbocycles. The molecule has 0 aliphatic heterocycles. The van der Waals surface area contributed by atoms with Crippen molar-refractivity contribution in [1.29, 1.82) is 0 Å². The molecule has 114 valence electrons. The summed E-state index contributed by atoms with van der Waals surface area (Å²) in [7, 11) is -3.66. The van der Waals surface area contributed by atoms with Crippen LogP contribution in [0.2, 0.25) is 4.34 Å². The maximum absolute atomic E-state index is 12.3. The number of thiophene rings is 1. The molecule has 0 atom stereocenters. The van der Waals surface area contributed by atoms with Crippen LogP contribution in [-0.2, 0) is 10.0 Å². The largest absolute Gasteiger partial charge is 0.273 e.